The van der Waals surface area contributed by atoms with E-state index in [9.17, 15) is 0 Å². The summed E-state index contributed by atoms with van der Waals surface area (Å²) in [4.78, 5) is 0. The molecule has 4 N–H and O–H groups in total. The molecule has 0 spiro atoms. The lowest BCUT2D eigenvalue weighted by Crippen LogP contribution is -2.21. The zero-order valence-electron chi connectivity index (χ0n) is 10.2. The average Bonchev–Trinajstić information content (AvgIpc) is 2.71. The molecule has 2 rings (SSSR count). The van der Waals surface area contributed by atoms with Gasteiger partial charge < -0.3 is 11.5 Å². The van der Waals surface area contributed by atoms with Gasteiger partial charge in [0.15, 0.2) is 0 Å². The van der Waals surface area contributed by atoms with Gasteiger partial charge in [-0.2, -0.15) is 5.10 Å². The van der Waals surface area contributed by atoms with Crippen molar-refractivity contribution in [1.29, 1.82) is 0 Å². The van der Waals surface area contributed by atoms with Gasteiger partial charge in [0, 0.05) is 23.8 Å². The van der Waals surface area contributed by atoms with Gasteiger partial charge in [0.2, 0.25) is 0 Å². The zero-order valence-corrected chi connectivity index (χ0v) is 10.2. The second-order valence-electron chi connectivity index (χ2n) is 4.23. The van der Waals surface area contributed by atoms with E-state index in [1.165, 1.54) is 5.56 Å². The van der Waals surface area contributed by atoms with Crippen molar-refractivity contribution in [2.24, 2.45) is 11.5 Å². The van der Waals surface area contributed by atoms with E-state index in [0.29, 0.717) is 6.54 Å². The van der Waals surface area contributed by atoms with E-state index < -0.39 is 0 Å². The number of rotatable bonds is 3. The molecule has 17 heavy (non-hydrogen) atoms. The molecule has 0 amide bonds. The molecule has 1 atom stereocenters. The molecule has 1 unspecified atom stereocenters. The molecule has 0 aliphatic heterocycles. The minimum absolute atomic E-state index is 0.146. The number of nitrogens with two attached hydrogens (primary N) is 2. The monoisotopic (exact) mass is 230 g/mol. The molecule has 0 aliphatic rings. The lowest BCUT2D eigenvalue weighted by Gasteiger charge is -2.10. The molecule has 0 aliphatic carbocycles. The highest BCUT2D eigenvalue weighted by molar-refractivity contribution is 5.42. The molecule has 2 aromatic rings. The third-order valence-electron chi connectivity index (χ3n) is 3.04. The highest BCUT2D eigenvalue weighted by Crippen LogP contribution is 2.20. The Hall–Kier alpha value is -1.65. The van der Waals surface area contributed by atoms with E-state index in [2.05, 4.69) is 18.1 Å². The number of aromatic nitrogens is 2. The van der Waals surface area contributed by atoms with Crippen LogP contribution >= 0.6 is 0 Å². The second-order valence-corrected chi connectivity index (χ2v) is 4.23. The molecule has 0 radical (unpaired) electrons. The third-order valence-corrected chi connectivity index (χ3v) is 3.04. The fourth-order valence-corrected chi connectivity index (χ4v) is 1.96. The van der Waals surface area contributed by atoms with Crippen LogP contribution < -0.4 is 11.5 Å². The zero-order chi connectivity index (χ0) is 12.4. The summed E-state index contributed by atoms with van der Waals surface area (Å²) < 4.78 is 1.92. The molecule has 90 valence electrons. The van der Waals surface area contributed by atoms with Crippen molar-refractivity contribution < 1.29 is 0 Å². The summed E-state index contributed by atoms with van der Waals surface area (Å²) in [6.07, 6.45) is 1.80. The van der Waals surface area contributed by atoms with Crippen molar-refractivity contribution in [1.82, 2.24) is 9.78 Å². The molecule has 4 nitrogen and oxygen atoms in total. The van der Waals surface area contributed by atoms with E-state index in [4.69, 9.17) is 11.5 Å². The van der Waals surface area contributed by atoms with E-state index in [0.717, 1.165) is 16.9 Å². The summed E-state index contributed by atoms with van der Waals surface area (Å²) in [5.41, 5.74) is 15.9. The number of benzene rings is 1. The largest absolute Gasteiger partial charge is 0.329 e. The first-order valence-corrected chi connectivity index (χ1v) is 5.71. The number of nitrogens with zero attached hydrogens (tertiary/aromatic N) is 2. The van der Waals surface area contributed by atoms with Crippen LogP contribution in [0.3, 0.4) is 0 Å². The van der Waals surface area contributed by atoms with Gasteiger partial charge in [-0.25, -0.2) is 4.68 Å². The molecule has 0 saturated carbocycles. The minimum atomic E-state index is -0.146. The topological polar surface area (TPSA) is 69.9 Å². The van der Waals surface area contributed by atoms with E-state index in [1.54, 1.807) is 6.20 Å². The Kier molecular flexibility index (Phi) is 3.26. The van der Waals surface area contributed by atoms with Gasteiger partial charge in [0.05, 0.1) is 11.9 Å². The maximum Gasteiger partial charge on any atom is 0.0677 e. The maximum absolute atomic E-state index is 5.95. The summed E-state index contributed by atoms with van der Waals surface area (Å²) in [6, 6.07) is 8.00. The number of aryl methyl sites for hydroxylation is 1. The van der Waals surface area contributed by atoms with Crippen LogP contribution in [0.4, 0.5) is 0 Å². The summed E-state index contributed by atoms with van der Waals surface area (Å²) in [5, 5.41) is 4.40. The Labute approximate surface area is 101 Å². The smallest absolute Gasteiger partial charge is 0.0677 e. The van der Waals surface area contributed by atoms with Crippen LogP contribution in [0.25, 0.3) is 5.69 Å². The number of hydrogen-bond donors (Lipinski definition) is 2. The van der Waals surface area contributed by atoms with Crippen LogP contribution in [0.5, 0.6) is 0 Å². The lowest BCUT2D eigenvalue weighted by atomic mass is 10.1. The molecule has 0 bridgehead atoms. The Balaban J connectivity index is 2.48. The van der Waals surface area contributed by atoms with Gasteiger partial charge in [-0.1, -0.05) is 18.2 Å². The number of para-hydroxylation sites is 1. The Morgan fingerprint density at radius 3 is 2.65 bits per heavy atom. The summed E-state index contributed by atoms with van der Waals surface area (Å²) in [5.74, 6) is 0. The quantitative estimate of drug-likeness (QED) is 0.838. The highest BCUT2D eigenvalue weighted by Gasteiger charge is 2.13. The molecule has 1 heterocycles. The molecule has 0 saturated heterocycles. The van der Waals surface area contributed by atoms with Crippen molar-refractivity contribution in [2.75, 3.05) is 6.54 Å². The fraction of sp³-hybridized carbons (Fsp3) is 0.308. The van der Waals surface area contributed by atoms with Gasteiger partial charge in [0.1, 0.15) is 0 Å². The second kappa shape index (κ2) is 4.69. The van der Waals surface area contributed by atoms with Crippen LogP contribution in [-0.2, 0) is 0 Å². The SMILES string of the molecule is Cc1ccccc1-n1ncc(C(N)CN)c1C. The molecular formula is C13H18N4. The van der Waals surface area contributed by atoms with Crippen LogP contribution in [0.1, 0.15) is 22.9 Å². The van der Waals surface area contributed by atoms with Gasteiger partial charge in [-0.3, -0.25) is 0 Å². The minimum Gasteiger partial charge on any atom is -0.329 e. The standard InChI is InChI=1S/C13H18N4/c1-9-5-3-4-6-13(9)17-10(2)11(8-16-17)12(15)7-14/h3-6,8,12H,7,14-15H2,1-2H3. The first kappa shape index (κ1) is 11.8. The first-order valence-electron chi connectivity index (χ1n) is 5.71. The summed E-state index contributed by atoms with van der Waals surface area (Å²) >= 11 is 0. The highest BCUT2D eigenvalue weighted by atomic mass is 15.3. The third kappa shape index (κ3) is 2.09. The molecular weight excluding hydrogens is 212 g/mol. The molecule has 1 aromatic carbocycles. The van der Waals surface area contributed by atoms with E-state index in [-0.39, 0.29) is 6.04 Å². The van der Waals surface area contributed by atoms with Crippen LogP contribution in [0.15, 0.2) is 30.5 Å². The van der Waals surface area contributed by atoms with Gasteiger partial charge >= 0.3 is 0 Å². The normalized spacial score (nSPS) is 12.7. The first-order chi connectivity index (χ1) is 8.15. The predicted molar refractivity (Wildman–Crippen MR) is 69.0 cm³/mol. The van der Waals surface area contributed by atoms with Crippen LogP contribution in [0.2, 0.25) is 0 Å². The fourth-order valence-electron chi connectivity index (χ4n) is 1.96. The molecule has 1 aromatic heterocycles. The van der Waals surface area contributed by atoms with E-state index in [1.807, 2.05) is 29.8 Å². The predicted octanol–water partition coefficient (Wildman–Crippen LogP) is 1.45. The van der Waals surface area contributed by atoms with Gasteiger partial charge in [0.25, 0.3) is 0 Å². The lowest BCUT2D eigenvalue weighted by molar-refractivity contribution is 0.728. The Morgan fingerprint density at radius 1 is 1.29 bits per heavy atom. The van der Waals surface area contributed by atoms with Crippen molar-refractivity contribution in [3.8, 4) is 5.69 Å². The van der Waals surface area contributed by atoms with Crippen molar-refractivity contribution in [3.63, 3.8) is 0 Å². The summed E-state index contributed by atoms with van der Waals surface area (Å²) in [7, 11) is 0. The Morgan fingerprint density at radius 2 is 2.00 bits per heavy atom. The average molecular weight is 230 g/mol. The van der Waals surface area contributed by atoms with Crippen LogP contribution in [-0.4, -0.2) is 16.3 Å². The van der Waals surface area contributed by atoms with Gasteiger partial charge in [-0.15, -0.1) is 0 Å². The Bertz CT molecular complexity index is 516. The van der Waals surface area contributed by atoms with E-state index >= 15 is 0 Å². The number of hydrogen-bond acceptors (Lipinski definition) is 3. The van der Waals surface area contributed by atoms with Gasteiger partial charge in [-0.05, 0) is 25.5 Å². The molecule has 4 heteroatoms. The molecule has 0 fully saturated rings. The summed E-state index contributed by atoms with van der Waals surface area (Å²) in [6.45, 7) is 4.52. The van der Waals surface area contributed by atoms with Crippen LogP contribution in [0, 0.1) is 13.8 Å². The van der Waals surface area contributed by atoms with Crippen molar-refractivity contribution in [2.45, 2.75) is 19.9 Å². The maximum atomic E-state index is 5.95. The van der Waals surface area contributed by atoms with Crippen molar-refractivity contribution in [3.05, 3.63) is 47.3 Å². The van der Waals surface area contributed by atoms with Crippen molar-refractivity contribution >= 4 is 0 Å².